The zero-order valence-electron chi connectivity index (χ0n) is 12.4. The SMILES string of the molecule is Cc1cc(CN2c3ccccc3CC2C)cc(C)c1O. The molecule has 0 bridgehead atoms. The summed E-state index contributed by atoms with van der Waals surface area (Å²) in [6.07, 6.45) is 1.12. The number of aromatic hydroxyl groups is 1. The molecule has 0 aliphatic carbocycles. The monoisotopic (exact) mass is 267 g/mol. The van der Waals surface area contributed by atoms with Crippen LogP contribution in [0.3, 0.4) is 0 Å². The number of phenolic OH excluding ortho intramolecular Hbond substituents is 1. The molecule has 0 aromatic heterocycles. The van der Waals surface area contributed by atoms with E-state index in [0.29, 0.717) is 11.8 Å². The molecule has 1 unspecified atom stereocenters. The van der Waals surface area contributed by atoms with Crippen LogP contribution in [0, 0.1) is 13.8 Å². The molecule has 0 amide bonds. The summed E-state index contributed by atoms with van der Waals surface area (Å²) in [6.45, 7) is 7.11. The van der Waals surface area contributed by atoms with Crippen molar-refractivity contribution in [2.45, 2.75) is 39.8 Å². The lowest BCUT2D eigenvalue weighted by atomic mass is 10.0. The summed E-state index contributed by atoms with van der Waals surface area (Å²) in [7, 11) is 0. The number of aryl methyl sites for hydroxylation is 2. The van der Waals surface area contributed by atoms with E-state index in [1.165, 1.54) is 16.8 Å². The third-order valence-electron chi connectivity index (χ3n) is 4.25. The van der Waals surface area contributed by atoms with Gasteiger partial charge in [-0.05, 0) is 55.5 Å². The average molecular weight is 267 g/mol. The zero-order valence-corrected chi connectivity index (χ0v) is 12.4. The van der Waals surface area contributed by atoms with E-state index in [2.05, 4.69) is 48.2 Å². The van der Waals surface area contributed by atoms with Crippen molar-refractivity contribution in [2.75, 3.05) is 4.90 Å². The Kier molecular flexibility index (Phi) is 3.17. The van der Waals surface area contributed by atoms with Gasteiger partial charge in [-0.2, -0.15) is 0 Å². The minimum absolute atomic E-state index is 0.420. The minimum atomic E-state index is 0.420. The molecule has 3 rings (SSSR count). The molecule has 104 valence electrons. The predicted octanol–water partition coefficient (Wildman–Crippen LogP) is 3.96. The molecule has 1 heterocycles. The molecule has 0 spiro atoms. The van der Waals surface area contributed by atoms with Gasteiger partial charge in [-0.15, -0.1) is 0 Å². The quantitative estimate of drug-likeness (QED) is 0.890. The molecule has 0 saturated carbocycles. The van der Waals surface area contributed by atoms with Crippen molar-refractivity contribution < 1.29 is 5.11 Å². The number of hydrogen-bond donors (Lipinski definition) is 1. The largest absolute Gasteiger partial charge is 0.507 e. The molecular weight excluding hydrogens is 246 g/mol. The van der Waals surface area contributed by atoms with Crippen LogP contribution in [0.25, 0.3) is 0 Å². The maximum Gasteiger partial charge on any atom is 0.121 e. The topological polar surface area (TPSA) is 23.5 Å². The molecule has 2 aromatic carbocycles. The second kappa shape index (κ2) is 4.86. The van der Waals surface area contributed by atoms with Gasteiger partial charge >= 0.3 is 0 Å². The number of anilines is 1. The third-order valence-corrected chi connectivity index (χ3v) is 4.25. The fraction of sp³-hybridized carbons (Fsp3) is 0.333. The molecular formula is C18H21NO. The Morgan fingerprint density at radius 1 is 1.15 bits per heavy atom. The van der Waals surface area contributed by atoms with E-state index < -0.39 is 0 Å². The molecule has 1 N–H and O–H groups in total. The number of rotatable bonds is 2. The van der Waals surface area contributed by atoms with Gasteiger partial charge in [0.2, 0.25) is 0 Å². The molecule has 2 heteroatoms. The molecule has 1 atom stereocenters. The van der Waals surface area contributed by atoms with Crippen molar-refractivity contribution in [1.82, 2.24) is 0 Å². The molecule has 0 radical (unpaired) electrons. The maximum atomic E-state index is 9.89. The first kappa shape index (κ1) is 13.0. The lowest BCUT2D eigenvalue weighted by Gasteiger charge is -2.25. The van der Waals surface area contributed by atoms with E-state index in [1.54, 1.807) is 0 Å². The van der Waals surface area contributed by atoms with Gasteiger partial charge < -0.3 is 10.0 Å². The van der Waals surface area contributed by atoms with Crippen molar-refractivity contribution >= 4 is 5.69 Å². The van der Waals surface area contributed by atoms with Gasteiger partial charge in [0.1, 0.15) is 5.75 Å². The van der Waals surface area contributed by atoms with E-state index in [1.807, 2.05) is 13.8 Å². The minimum Gasteiger partial charge on any atom is -0.507 e. The van der Waals surface area contributed by atoms with Gasteiger partial charge in [0.15, 0.2) is 0 Å². The van der Waals surface area contributed by atoms with Gasteiger partial charge in [-0.1, -0.05) is 30.3 Å². The lowest BCUT2D eigenvalue weighted by Crippen LogP contribution is -2.28. The Morgan fingerprint density at radius 3 is 2.50 bits per heavy atom. The highest BCUT2D eigenvalue weighted by molar-refractivity contribution is 5.59. The Hall–Kier alpha value is -1.96. The molecule has 20 heavy (non-hydrogen) atoms. The highest BCUT2D eigenvalue weighted by Gasteiger charge is 2.25. The van der Waals surface area contributed by atoms with E-state index in [9.17, 15) is 5.11 Å². The van der Waals surface area contributed by atoms with Gasteiger partial charge in [0.25, 0.3) is 0 Å². The summed E-state index contributed by atoms with van der Waals surface area (Å²) in [5.74, 6) is 0.420. The summed E-state index contributed by atoms with van der Waals surface area (Å²) >= 11 is 0. The Bertz CT molecular complexity index is 625. The van der Waals surface area contributed by atoms with Crippen molar-refractivity contribution in [1.29, 1.82) is 0 Å². The molecule has 2 aromatic rings. The third kappa shape index (κ3) is 2.15. The van der Waals surface area contributed by atoms with Crippen LogP contribution in [0.1, 0.15) is 29.2 Å². The summed E-state index contributed by atoms with van der Waals surface area (Å²) in [5.41, 5.74) is 5.97. The van der Waals surface area contributed by atoms with Crippen LogP contribution in [0.5, 0.6) is 5.75 Å². The number of phenols is 1. The van der Waals surface area contributed by atoms with Crippen molar-refractivity contribution in [3.63, 3.8) is 0 Å². The summed E-state index contributed by atoms with van der Waals surface area (Å²) in [6, 6.07) is 13.4. The van der Waals surface area contributed by atoms with Crippen LogP contribution >= 0.6 is 0 Å². The second-order valence-electron chi connectivity index (χ2n) is 5.89. The zero-order chi connectivity index (χ0) is 14.3. The smallest absolute Gasteiger partial charge is 0.121 e. The summed E-state index contributed by atoms with van der Waals surface area (Å²) in [4.78, 5) is 2.46. The van der Waals surface area contributed by atoms with Crippen LogP contribution in [-0.2, 0) is 13.0 Å². The average Bonchev–Trinajstić information content (AvgIpc) is 2.73. The van der Waals surface area contributed by atoms with Crippen LogP contribution in [0.15, 0.2) is 36.4 Å². The van der Waals surface area contributed by atoms with Crippen LogP contribution < -0.4 is 4.90 Å². The van der Waals surface area contributed by atoms with E-state index in [-0.39, 0.29) is 0 Å². The molecule has 0 saturated heterocycles. The number of hydrogen-bond acceptors (Lipinski definition) is 2. The van der Waals surface area contributed by atoms with Crippen molar-refractivity contribution in [2.24, 2.45) is 0 Å². The fourth-order valence-corrected chi connectivity index (χ4v) is 3.20. The molecule has 1 aliphatic rings. The number of benzene rings is 2. The van der Waals surface area contributed by atoms with Gasteiger partial charge in [0.05, 0.1) is 0 Å². The van der Waals surface area contributed by atoms with Crippen molar-refractivity contribution in [3.8, 4) is 5.75 Å². The van der Waals surface area contributed by atoms with Gasteiger partial charge in [-0.3, -0.25) is 0 Å². The number of para-hydroxylation sites is 1. The van der Waals surface area contributed by atoms with Gasteiger partial charge in [0, 0.05) is 18.3 Å². The summed E-state index contributed by atoms with van der Waals surface area (Å²) < 4.78 is 0. The van der Waals surface area contributed by atoms with E-state index >= 15 is 0 Å². The highest BCUT2D eigenvalue weighted by atomic mass is 16.3. The van der Waals surface area contributed by atoms with E-state index in [4.69, 9.17) is 0 Å². The van der Waals surface area contributed by atoms with Crippen LogP contribution in [0.4, 0.5) is 5.69 Å². The first-order valence-corrected chi connectivity index (χ1v) is 7.20. The lowest BCUT2D eigenvalue weighted by molar-refractivity contribution is 0.466. The molecule has 1 aliphatic heterocycles. The number of fused-ring (bicyclic) bond motifs is 1. The second-order valence-corrected chi connectivity index (χ2v) is 5.89. The summed E-state index contributed by atoms with van der Waals surface area (Å²) in [5, 5.41) is 9.89. The number of nitrogens with zero attached hydrogens (tertiary/aromatic N) is 1. The maximum absolute atomic E-state index is 9.89. The Balaban J connectivity index is 1.92. The standard InChI is InChI=1S/C18H21NO/c1-12-8-15(9-13(2)18(12)20)11-19-14(3)10-16-6-4-5-7-17(16)19/h4-9,14,20H,10-11H2,1-3H3. The van der Waals surface area contributed by atoms with Gasteiger partial charge in [-0.25, -0.2) is 0 Å². The van der Waals surface area contributed by atoms with E-state index in [0.717, 1.165) is 24.1 Å². The Labute approximate surface area is 120 Å². The normalized spacial score (nSPS) is 17.4. The fourth-order valence-electron chi connectivity index (χ4n) is 3.20. The van der Waals surface area contributed by atoms with Crippen molar-refractivity contribution in [3.05, 3.63) is 58.7 Å². The first-order chi connectivity index (χ1) is 9.56. The highest BCUT2D eigenvalue weighted by Crippen LogP contribution is 2.34. The predicted molar refractivity (Wildman–Crippen MR) is 83.4 cm³/mol. The molecule has 0 fully saturated rings. The van der Waals surface area contributed by atoms with Crippen LogP contribution in [-0.4, -0.2) is 11.1 Å². The first-order valence-electron chi connectivity index (χ1n) is 7.20. The Morgan fingerprint density at radius 2 is 1.80 bits per heavy atom. The van der Waals surface area contributed by atoms with Crippen LogP contribution in [0.2, 0.25) is 0 Å². The molecule has 2 nitrogen and oxygen atoms in total.